The molecule has 8 heteroatoms. The Kier molecular flexibility index (Phi) is 7.29. The van der Waals surface area contributed by atoms with Gasteiger partial charge in [0.25, 0.3) is 0 Å². The van der Waals surface area contributed by atoms with Crippen LogP contribution < -0.4 is 0 Å². The Morgan fingerprint density at radius 2 is 1.81 bits per heavy atom. The summed E-state index contributed by atoms with van der Waals surface area (Å²) in [6, 6.07) is -0.976. The predicted octanol–water partition coefficient (Wildman–Crippen LogP) is 2.84. The molecular weight excluding hydrogens is 474 g/mol. The van der Waals surface area contributed by atoms with Crippen molar-refractivity contribution >= 4 is 29.5 Å². The van der Waals surface area contributed by atoms with Crippen LogP contribution >= 0.6 is 11.8 Å². The number of carbonyl (C=O) groups excluding carboxylic acids is 3. The van der Waals surface area contributed by atoms with E-state index in [1.165, 1.54) is 6.42 Å². The number of aliphatic hydroxyl groups is 1. The summed E-state index contributed by atoms with van der Waals surface area (Å²) < 4.78 is -0.801. The number of likely N-dealkylation sites (tertiary alicyclic amines) is 1. The van der Waals surface area contributed by atoms with Crippen LogP contribution in [0.15, 0.2) is 24.3 Å². The molecule has 1 unspecified atom stereocenters. The zero-order valence-corrected chi connectivity index (χ0v) is 22.7. The van der Waals surface area contributed by atoms with Gasteiger partial charge in [-0.25, -0.2) is 0 Å². The zero-order valence-electron chi connectivity index (χ0n) is 21.8. The van der Waals surface area contributed by atoms with Crippen LogP contribution in [0, 0.1) is 17.8 Å². The van der Waals surface area contributed by atoms with Crippen molar-refractivity contribution in [2.45, 2.75) is 87.4 Å². The second kappa shape index (κ2) is 10.2. The molecule has 5 rings (SSSR count). The van der Waals surface area contributed by atoms with E-state index in [4.69, 9.17) is 0 Å². The summed E-state index contributed by atoms with van der Waals surface area (Å²) >= 11 is 1.63. The molecule has 1 spiro atoms. The maximum absolute atomic E-state index is 14.5. The highest BCUT2D eigenvalue weighted by molar-refractivity contribution is 8.02. The normalized spacial score (nSPS) is 35.7. The van der Waals surface area contributed by atoms with Crippen LogP contribution in [0.2, 0.25) is 0 Å². The molecule has 4 aliphatic heterocycles. The molecule has 7 nitrogen and oxygen atoms in total. The first-order valence-electron chi connectivity index (χ1n) is 13.9. The lowest BCUT2D eigenvalue weighted by Gasteiger charge is -2.42. The molecule has 1 saturated carbocycles. The lowest BCUT2D eigenvalue weighted by molar-refractivity contribution is -0.148. The van der Waals surface area contributed by atoms with Gasteiger partial charge in [-0.3, -0.25) is 14.4 Å². The van der Waals surface area contributed by atoms with Crippen LogP contribution in [-0.2, 0) is 14.4 Å². The van der Waals surface area contributed by atoms with Crippen molar-refractivity contribution in [1.82, 2.24) is 14.7 Å². The first kappa shape index (κ1) is 25.8. The third-order valence-corrected chi connectivity index (χ3v) is 10.8. The molecule has 4 heterocycles. The third-order valence-electron chi connectivity index (χ3n) is 9.03. The minimum absolute atomic E-state index is 0.00680. The van der Waals surface area contributed by atoms with Gasteiger partial charge in [-0.15, -0.1) is 11.8 Å². The number of hydrogen-bond acceptors (Lipinski definition) is 5. The minimum atomic E-state index is -0.801. The van der Waals surface area contributed by atoms with Crippen LogP contribution in [0.4, 0.5) is 0 Å². The number of carbonyl (C=O) groups is 3. The molecule has 3 amide bonds. The summed E-state index contributed by atoms with van der Waals surface area (Å²) in [7, 11) is 0. The van der Waals surface area contributed by atoms with E-state index in [-0.39, 0.29) is 41.5 Å². The molecule has 0 radical (unpaired) electrons. The molecule has 36 heavy (non-hydrogen) atoms. The van der Waals surface area contributed by atoms with Crippen molar-refractivity contribution in [3.8, 4) is 0 Å². The number of hydrogen-bond donors (Lipinski definition) is 1. The smallest absolute Gasteiger partial charge is 0.247 e. The molecule has 2 saturated heterocycles. The highest BCUT2D eigenvalue weighted by atomic mass is 32.2. The number of rotatable bonds is 6. The van der Waals surface area contributed by atoms with Crippen LogP contribution in [0.1, 0.15) is 59.3 Å². The summed E-state index contributed by atoms with van der Waals surface area (Å²) in [6.07, 6.45) is 14.6. The molecule has 5 aliphatic rings. The number of thioether (sulfide) groups is 1. The summed E-state index contributed by atoms with van der Waals surface area (Å²) in [5.74, 6) is -1.24. The maximum Gasteiger partial charge on any atom is 0.247 e. The van der Waals surface area contributed by atoms with Gasteiger partial charge in [-0.1, -0.05) is 64.3 Å². The van der Waals surface area contributed by atoms with Crippen LogP contribution in [-0.4, -0.2) is 91.9 Å². The fourth-order valence-corrected chi connectivity index (χ4v) is 9.31. The van der Waals surface area contributed by atoms with E-state index in [9.17, 15) is 19.5 Å². The lowest BCUT2D eigenvalue weighted by atomic mass is 9.78. The quantitative estimate of drug-likeness (QED) is 0.550. The molecule has 0 aromatic heterocycles. The summed E-state index contributed by atoms with van der Waals surface area (Å²) in [6.45, 7) is 7.61. The molecule has 6 atom stereocenters. The molecule has 0 bridgehead atoms. The van der Waals surface area contributed by atoms with E-state index >= 15 is 0 Å². The van der Waals surface area contributed by atoms with E-state index in [1.54, 1.807) is 16.7 Å². The highest BCUT2D eigenvalue weighted by Crippen LogP contribution is 2.61. The highest BCUT2D eigenvalue weighted by Gasteiger charge is 2.72. The molecular formula is C28H41N3O4S. The van der Waals surface area contributed by atoms with Gasteiger partial charge in [-0.2, -0.15) is 0 Å². The fourth-order valence-electron chi connectivity index (χ4n) is 7.32. The van der Waals surface area contributed by atoms with Crippen LogP contribution in [0.5, 0.6) is 0 Å². The monoisotopic (exact) mass is 515 g/mol. The Balaban J connectivity index is 1.61. The number of fused-ring (bicyclic) bond motifs is 2. The van der Waals surface area contributed by atoms with Gasteiger partial charge in [0.05, 0.1) is 29.2 Å². The molecule has 3 fully saturated rings. The van der Waals surface area contributed by atoms with Crippen LogP contribution in [0.3, 0.4) is 0 Å². The van der Waals surface area contributed by atoms with Crippen molar-refractivity contribution in [2.75, 3.05) is 26.2 Å². The first-order chi connectivity index (χ1) is 17.4. The summed E-state index contributed by atoms with van der Waals surface area (Å²) in [4.78, 5) is 48.3. The fraction of sp³-hybridized carbons (Fsp3) is 0.750. The van der Waals surface area contributed by atoms with E-state index in [1.807, 2.05) is 23.6 Å². The van der Waals surface area contributed by atoms with E-state index in [2.05, 4.69) is 31.2 Å². The Labute approximate surface area is 219 Å². The van der Waals surface area contributed by atoms with Crippen molar-refractivity contribution in [3.05, 3.63) is 24.3 Å². The van der Waals surface area contributed by atoms with Crippen molar-refractivity contribution in [2.24, 2.45) is 17.8 Å². The van der Waals surface area contributed by atoms with Gasteiger partial charge in [0.1, 0.15) is 6.04 Å². The Morgan fingerprint density at radius 3 is 2.47 bits per heavy atom. The summed E-state index contributed by atoms with van der Waals surface area (Å²) in [5.41, 5.74) is 0. The summed E-state index contributed by atoms with van der Waals surface area (Å²) in [5, 5.41) is 10.3. The van der Waals surface area contributed by atoms with Crippen molar-refractivity contribution < 1.29 is 19.5 Å². The van der Waals surface area contributed by atoms with E-state index in [0.29, 0.717) is 19.6 Å². The van der Waals surface area contributed by atoms with E-state index < -0.39 is 28.7 Å². The van der Waals surface area contributed by atoms with Gasteiger partial charge in [0.15, 0.2) is 0 Å². The van der Waals surface area contributed by atoms with Gasteiger partial charge in [0, 0.05) is 30.9 Å². The SMILES string of the molecule is CCCN1CC=C[C@H]2S[C@]34C=CCN(C5CCCCC5)C(=O)C3N([C@@H](CO)C(C)C)C(=O)[C@@H]4[C@H]2C1=O. The van der Waals surface area contributed by atoms with Gasteiger partial charge < -0.3 is 19.8 Å². The molecule has 1 N–H and O–H groups in total. The Bertz CT molecular complexity index is 945. The third kappa shape index (κ3) is 3.94. The zero-order chi connectivity index (χ0) is 25.6. The second-order valence-electron chi connectivity index (χ2n) is 11.5. The van der Waals surface area contributed by atoms with Gasteiger partial charge in [-0.05, 0) is 25.2 Å². The average molecular weight is 516 g/mol. The largest absolute Gasteiger partial charge is 0.394 e. The Hall–Kier alpha value is -1.80. The lowest BCUT2D eigenvalue weighted by Crippen LogP contribution is -2.59. The minimum Gasteiger partial charge on any atom is -0.394 e. The molecule has 198 valence electrons. The number of aliphatic hydroxyl groups excluding tert-OH is 1. The number of nitrogens with zero attached hydrogens (tertiary/aromatic N) is 3. The molecule has 1 aliphatic carbocycles. The number of amides is 3. The standard InChI is InChI=1S/C28H41N3O4S/c1-4-14-29-15-8-12-21-22(25(29)33)23-26(34)31(20(17-32)18(2)3)24-27(35)30(19-10-6-5-7-11-19)16-9-13-28(23,24)36-21/h8-9,12-13,18-24,32H,4-7,10-11,14-17H2,1-3H3/t20-,21+,22-,23-,24?,28-/m0/s1. The van der Waals surface area contributed by atoms with E-state index in [0.717, 1.165) is 32.1 Å². The maximum atomic E-state index is 14.5. The first-order valence-corrected chi connectivity index (χ1v) is 14.8. The second-order valence-corrected chi connectivity index (χ2v) is 13.0. The molecule has 0 aromatic carbocycles. The van der Waals surface area contributed by atoms with Gasteiger partial charge in [0.2, 0.25) is 17.7 Å². The Morgan fingerprint density at radius 1 is 1.06 bits per heavy atom. The van der Waals surface area contributed by atoms with Crippen molar-refractivity contribution in [1.29, 1.82) is 0 Å². The van der Waals surface area contributed by atoms with Gasteiger partial charge >= 0.3 is 0 Å². The molecule has 0 aromatic rings. The average Bonchev–Trinajstić information content (AvgIpc) is 3.18. The predicted molar refractivity (Wildman–Crippen MR) is 141 cm³/mol. The van der Waals surface area contributed by atoms with Crippen molar-refractivity contribution in [3.63, 3.8) is 0 Å². The van der Waals surface area contributed by atoms with Crippen LogP contribution in [0.25, 0.3) is 0 Å². The topological polar surface area (TPSA) is 81.2 Å².